The Kier molecular flexibility index (Phi) is 3.00. The van der Waals surface area contributed by atoms with Gasteiger partial charge in [-0.2, -0.15) is 13.2 Å². The van der Waals surface area contributed by atoms with Crippen LogP contribution in [0.15, 0.2) is 30.3 Å². The number of carbonyl (C=O) groups is 1. The van der Waals surface area contributed by atoms with Crippen molar-refractivity contribution < 1.29 is 27.9 Å². The van der Waals surface area contributed by atoms with Gasteiger partial charge in [-0.3, -0.25) is 10.3 Å². The Morgan fingerprint density at radius 1 is 1.39 bits per heavy atom. The van der Waals surface area contributed by atoms with Gasteiger partial charge in [0, 0.05) is 5.56 Å². The van der Waals surface area contributed by atoms with Crippen LogP contribution in [0.25, 0.3) is 5.70 Å². The lowest BCUT2D eigenvalue weighted by Crippen LogP contribution is -2.21. The van der Waals surface area contributed by atoms with Gasteiger partial charge < -0.3 is 5.11 Å². The van der Waals surface area contributed by atoms with E-state index in [2.05, 4.69) is 10.3 Å². The van der Waals surface area contributed by atoms with Crippen LogP contribution in [0.1, 0.15) is 11.1 Å². The number of hydroxylamine groups is 1. The van der Waals surface area contributed by atoms with Crippen molar-refractivity contribution in [3.8, 4) is 0 Å². The summed E-state index contributed by atoms with van der Waals surface area (Å²) in [6.07, 6.45) is -4.44. The van der Waals surface area contributed by atoms with Crippen molar-refractivity contribution in [2.75, 3.05) is 0 Å². The van der Waals surface area contributed by atoms with Gasteiger partial charge in [0.05, 0.1) is 11.3 Å². The van der Waals surface area contributed by atoms with E-state index in [1.165, 1.54) is 18.2 Å². The van der Waals surface area contributed by atoms with Crippen molar-refractivity contribution in [1.82, 2.24) is 5.48 Å². The monoisotopic (exact) mass is 259 g/mol. The molecule has 96 valence electrons. The predicted molar refractivity (Wildman–Crippen MR) is 55.1 cm³/mol. The van der Waals surface area contributed by atoms with E-state index in [1.807, 2.05) is 0 Å². The minimum Gasteiger partial charge on any atom is -0.479 e. The zero-order valence-corrected chi connectivity index (χ0v) is 8.86. The summed E-state index contributed by atoms with van der Waals surface area (Å²) in [7, 11) is 0. The van der Waals surface area contributed by atoms with Crippen molar-refractivity contribution >= 4 is 11.7 Å². The first-order valence-corrected chi connectivity index (χ1v) is 4.92. The van der Waals surface area contributed by atoms with E-state index in [0.29, 0.717) is 0 Å². The molecule has 1 atom stereocenters. The normalized spacial score (nSPS) is 19.3. The lowest BCUT2D eigenvalue weighted by Gasteiger charge is -2.09. The minimum atomic E-state index is -4.44. The van der Waals surface area contributed by atoms with Crippen molar-refractivity contribution in [2.45, 2.75) is 12.3 Å². The highest BCUT2D eigenvalue weighted by molar-refractivity contribution is 5.80. The second kappa shape index (κ2) is 4.34. The van der Waals surface area contributed by atoms with Crippen LogP contribution in [0.3, 0.4) is 0 Å². The zero-order chi connectivity index (χ0) is 13.3. The molecule has 1 aromatic carbocycles. The summed E-state index contributed by atoms with van der Waals surface area (Å²) in [6.45, 7) is 0. The third-order valence-corrected chi connectivity index (χ3v) is 2.36. The lowest BCUT2D eigenvalue weighted by molar-refractivity contribution is -0.148. The van der Waals surface area contributed by atoms with E-state index >= 15 is 0 Å². The maximum atomic E-state index is 12.5. The molecule has 0 bridgehead atoms. The molecule has 1 aliphatic heterocycles. The molecular weight excluding hydrogens is 251 g/mol. The second-order valence-corrected chi connectivity index (χ2v) is 3.64. The molecule has 0 saturated carbocycles. The van der Waals surface area contributed by atoms with Crippen LogP contribution in [0, 0.1) is 0 Å². The summed E-state index contributed by atoms with van der Waals surface area (Å²) in [4.78, 5) is 15.3. The number of benzene rings is 1. The Bertz CT molecular complexity index is 511. The molecule has 0 spiro atoms. The molecule has 2 N–H and O–H groups in total. The van der Waals surface area contributed by atoms with E-state index < -0.39 is 23.8 Å². The standard InChI is InChI=1S/C11H8F3NO3/c12-11(13,14)7-3-1-2-6(4-7)8-5-9(10(16)17)18-15-8/h1-5,9,15H,(H,16,17). The summed E-state index contributed by atoms with van der Waals surface area (Å²) in [5, 5.41) is 8.67. The van der Waals surface area contributed by atoms with E-state index in [-0.39, 0.29) is 11.3 Å². The fourth-order valence-electron chi connectivity index (χ4n) is 1.49. The molecule has 1 unspecified atom stereocenters. The number of hydrogen-bond acceptors (Lipinski definition) is 3. The quantitative estimate of drug-likeness (QED) is 0.853. The smallest absolute Gasteiger partial charge is 0.416 e. The molecule has 0 aliphatic carbocycles. The van der Waals surface area contributed by atoms with Gasteiger partial charge in [-0.15, -0.1) is 0 Å². The number of halogens is 3. The fraction of sp³-hybridized carbons (Fsp3) is 0.182. The van der Waals surface area contributed by atoms with Crippen molar-refractivity contribution in [3.63, 3.8) is 0 Å². The first-order valence-electron chi connectivity index (χ1n) is 4.92. The predicted octanol–water partition coefficient (Wildman–Crippen LogP) is 2.03. The number of nitrogens with one attached hydrogen (secondary N) is 1. The average Bonchev–Trinajstić information content (AvgIpc) is 2.77. The summed E-state index contributed by atoms with van der Waals surface area (Å²) in [5.41, 5.74) is 1.91. The summed E-state index contributed by atoms with van der Waals surface area (Å²) in [6, 6.07) is 4.54. The zero-order valence-electron chi connectivity index (χ0n) is 8.86. The van der Waals surface area contributed by atoms with Crippen LogP contribution in [0.5, 0.6) is 0 Å². The van der Waals surface area contributed by atoms with Crippen LogP contribution in [0.2, 0.25) is 0 Å². The molecule has 0 radical (unpaired) electrons. The van der Waals surface area contributed by atoms with E-state index in [4.69, 9.17) is 5.11 Å². The SMILES string of the molecule is O=C(O)C1C=C(c2cccc(C(F)(F)F)c2)NO1. The van der Waals surface area contributed by atoms with Crippen LogP contribution in [-0.2, 0) is 15.8 Å². The highest BCUT2D eigenvalue weighted by atomic mass is 19.4. The van der Waals surface area contributed by atoms with E-state index in [0.717, 1.165) is 12.1 Å². The van der Waals surface area contributed by atoms with Crippen molar-refractivity contribution in [1.29, 1.82) is 0 Å². The van der Waals surface area contributed by atoms with Crippen LogP contribution < -0.4 is 5.48 Å². The summed E-state index contributed by atoms with van der Waals surface area (Å²) >= 11 is 0. The summed E-state index contributed by atoms with van der Waals surface area (Å²) < 4.78 is 37.5. The fourth-order valence-corrected chi connectivity index (χ4v) is 1.49. The molecule has 18 heavy (non-hydrogen) atoms. The molecule has 0 amide bonds. The minimum absolute atomic E-state index is 0.202. The topological polar surface area (TPSA) is 58.6 Å². The average molecular weight is 259 g/mol. The van der Waals surface area contributed by atoms with E-state index in [9.17, 15) is 18.0 Å². The molecule has 7 heteroatoms. The second-order valence-electron chi connectivity index (χ2n) is 3.64. The van der Waals surface area contributed by atoms with Gasteiger partial charge in [0.15, 0.2) is 0 Å². The first-order chi connectivity index (χ1) is 8.38. The molecule has 1 heterocycles. The number of carboxylic acids is 1. The maximum absolute atomic E-state index is 12.5. The number of hydrogen-bond donors (Lipinski definition) is 2. The highest BCUT2D eigenvalue weighted by Gasteiger charge is 2.31. The third kappa shape index (κ3) is 2.45. The van der Waals surface area contributed by atoms with Gasteiger partial charge >= 0.3 is 12.1 Å². The lowest BCUT2D eigenvalue weighted by atomic mass is 10.1. The molecule has 1 aliphatic rings. The number of rotatable bonds is 2. The molecular formula is C11H8F3NO3. The van der Waals surface area contributed by atoms with Gasteiger partial charge in [0.1, 0.15) is 0 Å². The van der Waals surface area contributed by atoms with Crippen LogP contribution in [-0.4, -0.2) is 17.2 Å². The van der Waals surface area contributed by atoms with Crippen molar-refractivity contribution in [2.24, 2.45) is 0 Å². The van der Waals surface area contributed by atoms with Gasteiger partial charge in [0.25, 0.3) is 0 Å². The van der Waals surface area contributed by atoms with E-state index in [1.54, 1.807) is 0 Å². The molecule has 4 nitrogen and oxygen atoms in total. The van der Waals surface area contributed by atoms with Gasteiger partial charge in [-0.1, -0.05) is 12.1 Å². The summed E-state index contributed by atoms with van der Waals surface area (Å²) in [5.74, 6) is -1.22. The molecule has 0 aromatic heterocycles. The Balaban J connectivity index is 2.30. The Labute approximate surface area is 99.6 Å². The molecule has 0 saturated heterocycles. The van der Waals surface area contributed by atoms with Crippen LogP contribution >= 0.6 is 0 Å². The first kappa shape index (κ1) is 12.4. The molecule has 1 aromatic rings. The number of aliphatic carboxylic acids is 1. The van der Waals surface area contributed by atoms with Gasteiger partial charge in [0.2, 0.25) is 6.10 Å². The van der Waals surface area contributed by atoms with Gasteiger partial charge in [-0.25, -0.2) is 4.79 Å². The highest BCUT2D eigenvalue weighted by Crippen LogP contribution is 2.31. The number of alkyl halides is 3. The van der Waals surface area contributed by atoms with Gasteiger partial charge in [-0.05, 0) is 18.2 Å². The Morgan fingerprint density at radius 3 is 2.67 bits per heavy atom. The van der Waals surface area contributed by atoms with Crippen LogP contribution in [0.4, 0.5) is 13.2 Å². The third-order valence-electron chi connectivity index (χ3n) is 2.36. The van der Waals surface area contributed by atoms with Crippen molar-refractivity contribution in [3.05, 3.63) is 41.5 Å². The molecule has 2 rings (SSSR count). The maximum Gasteiger partial charge on any atom is 0.416 e. The largest absolute Gasteiger partial charge is 0.479 e. The molecule has 0 fully saturated rings. The number of carboxylic acid groups (broad SMARTS) is 1. The Morgan fingerprint density at radius 2 is 2.11 bits per heavy atom. The Hall–Kier alpha value is -2.02.